The Kier molecular flexibility index (Phi) is 3.50. The van der Waals surface area contributed by atoms with Gasteiger partial charge in [-0.05, 0) is 24.3 Å². The number of Topliss-reactive ketones (excluding diaryl/α,β-unsaturated/α-hetero) is 1. The first-order valence-corrected chi connectivity index (χ1v) is 9.98. The van der Waals surface area contributed by atoms with Crippen LogP contribution < -0.4 is 4.74 Å². The fourth-order valence-corrected chi connectivity index (χ4v) is 5.07. The average Bonchev–Trinajstić information content (AvgIpc) is 2.31. The van der Waals surface area contributed by atoms with Crippen molar-refractivity contribution in [2.45, 2.75) is 26.6 Å². The summed E-state index contributed by atoms with van der Waals surface area (Å²) in [5, 5.41) is 1.15. The van der Waals surface area contributed by atoms with E-state index in [4.69, 9.17) is 4.74 Å². The first-order chi connectivity index (χ1) is 8.82. The lowest BCUT2D eigenvalue weighted by Gasteiger charge is -2.28. The molecular formula is C16H20O2Si. The Hall–Kier alpha value is -1.61. The van der Waals surface area contributed by atoms with Gasteiger partial charge in [0.15, 0.2) is 5.78 Å². The number of para-hydroxylation sites is 1. The summed E-state index contributed by atoms with van der Waals surface area (Å²) in [4.78, 5) is 12.7. The van der Waals surface area contributed by atoms with E-state index >= 15 is 0 Å². The summed E-state index contributed by atoms with van der Waals surface area (Å²) in [6, 6.07) is 7.44. The molecule has 100 valence electrons. The zero-order chi connectivity index (χ0) is 14.2. The molecule has 2 rings (SSSR count). The van der Waals surface area contributed by atoms with Gasteiger partial charge in [0, 0.05) is 5.57 Å². The van der Waals surface area contributed by atoms with Crippen LogP contribution in [0.2, 0.25) is 19.6 Å². The van der Waals surface area contributed by atoms with Crippen molar-refractivity contribution >= 4 is 13.9 Å². The summed E-state index contributed by atoms with van der Waals surface area (Å²) < 4.78 is 5.74. The maximum Gasteiger partial charge on any atom is 0.196 e. The van der Waals surface area contributed by atoms with Gasteiger partial charge >= 0.3 is 0 Å². The number of benzene rings is 1. The van der Waals surface area contributed by atoms with Crippen LogP contribution in [0.4, 0.5) is 0 Å². The molecule has 0 saturated heterocycles. The highest BCUT2D eigenvalue weighted by Crippen LogP contribution is 2.33. The topological polar surface area (TPSA) is 26.3 Å². The van der Waals surface area contributed by atoms with Crippen LogP contribution in [0, 0.1) is 0 Å². The summed E-state index contributed by atoms with van der Waals surface area (Å²) in [5.41, 5.74) is 2.46. The van der Waals surface area contributed by atoms with Crippen LogP contribution in [0.3, 0.4) is 0 Å². The zero-order valence-corrected chi connectivity index (χ0v) is 13.0. The lowest BCUT2D eigenvalue weighted by atomic mass is 9.99. The zero-order valence-electron chi connectivity index (χ0n) is 12.0. The van der Waals surface area contributed by atoms with Crippen molar-refractivity contribution in [2.75, 3.05) is 6.61 Å². The number of ketones is 1. The molecule has 0 unspecified atom stereocenters. The minimum atomic E-state index is -1.62. The second-order valence-electron chi connectivity index (χ2n) is 6.00. The standard InChI is InChI=1S/C16H20O2Si/c1-11(2)16(19(3,4)5)13-10-18-14-9-7-6-8-12(14)15(13)17/h6-9H,1,10H2,2-5H3/b16-13-. The molecule has 0 aliphatic carbocycles. The van der Waals surface area contributed by atoms with E-state index < -0.39 is 8.07 Å². The van der Waals surface area contributed by atoms with Gasteiger partial charge in [0.1, 0.15) is 12.4 Å². The maximum atomic E-state index is 12.7. The Balaban J connectivity index is 2.60. The first kappa shape index (κ1) is 13.8. The summed E-state index contributed by atoms with van der Waals surface area (Å²) in [6.07, 6.45) is 0. The molecule has 0 amide bonds. The van der Waals surface area contributed by atoms with Gasteiger partial charge in [-0.1, -0.05) is 43.9 Å². The number of fused-ring (bicyclic) bond motifs is 1. The number of rotatable bonds is 2. The van der Waals surface area contributed by atoms with Gasteiger partial charge in [0.25, 0.3) is 0 Å². The molecule has 1 aliphatic rings. The molecule has 0 bridgehead atoms. The monoisotopic (exact) mass is 272 g/mol. The van der Waals surface area contributed by atoms with Crippen molar-refractivity contribution in [1.29, 1.82) is 0 Å². The Morgan fingerprint density at radius 2 is 1.89 bits per heavy atom. The second kappa shape index (κ2) is 4.81. The minimum absolute atomic E-state index is 0.0993. The number of allylic oxidation sites excluding steroid dienone is 2. The molecular weight excluding hydrogens is 252 g/mol. The van der Waals surface area contributed by atoms with E-state index in [9.17, 15) is 4.79 Å². The summed E-state index contributed by atoms with van der Waals surface area (Å²) in [6.45, 7) is 13.1. The maximum absolute atomic E-state index is 12.7. The van der Waals surface area contributed by atoms with Crippen LogP contribution in [-0.2, 0) is 0 Å². The van der Waals surface area contributed by atoms with Gasteiger partial charge in [-0.3, -0.25) is 4.79 Å². The molecule has 0 spiro atoms. The minimum Gasteiger partial charge on any atom is -0.488 e. The van der Waals surface area contributed by atoms with Gasteiger partial charge in [-0.25, -0.2) is 0 Å². The predicted molar refractivity (Wildman–Crippen MR) is 81.5 cm³/mol. The Labute approximate surface area is 115 Å². The van der Waals surface area contributed by atoms with Crippen molar-refractivity contribution in [1.82, 2.24) is 0 Å². The van der Waals surface area contributed by atoms with Crippen molar-refractivity contribution in [3.63, 3.8) is 0 Å². The number of carbonyl (C=O) groups is 1. The molecule has 1 aromatic carbocycles. The van der Waals surface area contributed by atoms with E-state index in [1.54, 1.807) is 0 Å². The highest BCUT2D eigenvalue weighted by molar-refractivity contribution is 6.84. The summed E-state index contributed by atoms with van der Waals surface area (Å²) in [7, 11) is -1.62. The van der Waals surface area contributed by atoms with Crippen molar-refractivity contribution < 1.29 is 9.53 Å². The Morgan fingerprint density at radius 1 is 1.26 bits per heavy atom. The van der Waals surface area contributed by atoms with Gasteiger partial charge in [-0.2, -0.15) is 0 Å². The van der Waals surface area contributed by atoms with E-state index in [2.05, 4.69) is 26.2 Å². The molecule has 3 heteroatoms. The first-order valence-electron chi connectivity index (χ1n) is 6.48. The van der Waals surface area contributed by atoms with Gasteiger partial charge in [-0.15, -0.1) is 0 Å². The van der Waals surface area contributed by atoms with E-state index in [0.29, 0.717) is 17.9 Å². The molecule has 0 radical (unpaired) electrons. The third kappa shape index (κ3) is 2.56. The Morgan fingerprint density at radius 3 is 2.47 bits per heavy atom. The van der Waals surface area contributed by atoms with Crippen molar-refractivity contribution in [3.8, 4) is 5.75 Å². The van der Waals surface area contributed by atoms with E-state index in [1.807, 2.05) is 31.2 Å². The molecule has 0 saturated carbocycles. The SMILES string of the molecule is C=C(C)/C(=C1\COc2ccccc2C1=O)[Si](C)(C)C. The highest BCUT2D eigenvalue weighted by atomic mass is 28.3. The molecule has 1 aliphatic heterocycles. The average molecular weight is 272 g/mol. The number of hydrogen-bond acceptors (Lipinski definition) is 2. The van der Waals surface area contributed by atoms with Crippen molar-refractivity contribution in [3.05, 3.63) is 52.8 Å². The van der Waals surface area contributed by atoms with Crippen LogP contribution in [0.5, 0.6) is 5.75 Å². The second-order valence-corrected chi connectivity index (χ2v) is 11.0. The van der Waals surface area contributed by atoms with Crippen LogP contribution in [0.1, 0.15) is 17.3 Å². The van der Waals surface area contributed by atoms with Crippen LogP contribution in [0.15, 0.2) is 47.2 Å². The molecule has 2 nitrogen and oxygen atoms in total. The normalized spacial score (nSPS) is 17.6. The molecule has 1 aromatic rings. The lowest BCUT2D eigenvalue weighted by molar-refractivity contribution is 0.0998. The van der Waals surface area contributed by atoms with E-state index in [0.717, 1.165) is 16.3 Å². The number of hydrogen-bond donors (Lipinski definition) is 0. The van der Waals surface area contributed by atoms with Crippen molar-refractivity contribution in [2.24, 2.45) is 0 Å². The predicted octanol–water partition coefficient (Wildman–Crippen LogP) is 4.01. The Bertz CT molecular complexity index is 577. The summed E-state index contributed by atoms with van der Waals surface area (Å²) >= 11 is 0. The third-order valence-corrected chi connectivity index (χ3v) is 5.48. The third-order valence-electron chi connectivity index (χ3n) is 3.26. The molecule has 19 heavy (non-hydrogen) atoms. The largest absolute Gasteiger partial charge is 0.488 e. The van der Waals surface area contributed by atoms with Gasteiger partial charge in [0.05, 0.1) is 13.6 Å². The van der Waals surface area contributed by atoms with Crippen LogP contribution in [0.25, 0.3) is 0 Å². The van der Waals surface area contributed by atoms with Gasteiger partial charge in [0.2, 0.25) is 0 Å². The number of carbonyl (C=O) groups excluding carboxylic acids is 1. The van der Waals surface area contributed by atoms with Gasteiger partial charge < -0.3 is 4.74 Å². The molecule has 0 N–H and O–H groups in total. The fraction of sp³-hybridized carbons (Fsp3) is 0.312. The molecule has 1 heterocycles. The lowest BCUT2D eigenvalue weighted by Crippen LogP contribution is -2.31. The van der Waals surface area contributed by atoms with Crippen LogP contribution in [-0.4, -0.2) is 20.5 Å². The van der Waals surface area contributed by atoms with E-state index in [-0.39, 0.29) is 5.78 Å². The molecule has 0 atom stereocenters. The fourth-order valence-electron chi connectivity index (χ4n) is 2.69. The summed E-state index contributed by atoms with van der Waals surface area (Å²) in [5.74, 6) is 0.787. The molecule has 0 aromatic heterocycles. The number of ether oxygens (including phenoxy) is 1. The smallest absolute Gasteiger partial charge is 0.196 e. The molecule has 0 fully saturated rings. The van der Waals surface area contributed by atoms with Crippen LogP contribution >= 0.6 is 0 Å². The van der Waals surface area contributed by atoms with E-state index in [1.165, 1.54) is 0 Å². The highest BCUT2D eigenvalue weighted by Gasteiger charge is 2.31. The quantitative estimate of drug-likeness (QED) is 0.600.